The Kier molecular flexibility index (Phi) is 18.3. The van der Waals surface area contributed by atoms with Crippen LogP contribution >= 0.6 is 12.4 Å². The summed E-state index contributed by atoms with van der Waals surface area (Å²) in [6.07, 6.45) is -9.63. The Morgan fingerprint density at radius 2 is 1.23 bits per heavy atom. The van der Waals surface area contributed by atoms with Gasteiger partial charge in [0.05, 0.1) is 28.9 Å². The van der Waals surface area contributed by atoms with E-state index in [1.54, 1.807) is 34.6 Å². The first-order valence-corrected chi connectivity index (χ1v) is 13.4. The molecule has 44 heavy (non-hydrogen) atoms. The Balaban J connectivity index is 0. The number of alkyl halides is 6. The zero-order valence-electron chi connectivity index (χ0n) is 23.7. The van der Waals surface area contributed by atoms with Crippen molar-refractivity contribution in [3.8, 4) is 11.5 Å². The Bertz CT molecular complexity index is 1210. The maximum atomic E-state index is 12.3. The van der Waals surface area contributed by atoms with Gasteiger partial charge in [-0.2, -0.15) is 0 Å². The second-order valence-corrected chi connectivity index (χ2v) is 11.2. The first kappa shape index (κ1) is 43.0. The molecule has 0 bridgehead atoms. The summed E-state index contributed by atoms with van der Waals surface area (Å²) < 4.78 is 104. The van der Waals surface area contributed by atoms with E-state index in [4.69, 9.17) is 10.5 Å². The second kappa shape index (κ2) is 18.7. The van der Waals surface area contributed by atoms with Crippen LogP contribution in [0, 0.1) is 0 Å². The number of halogens is 7. The third-order valence-corrected chi connectivity index (χ3v) is 6.28. The van der Waals surface area contributed by atoms with Crippen molar-refractivity contribution < 1.29 is 59.1 Å². The lowest BCUT2D eigenvalue weighted by molar-refractivity contribution is -0.275. The maximum absolute atomic E-state index is 12.3. The van der Waals surface area contributed by atoms with Gasteiger partial charge in [0, 0.05) is 0 Å². The van der Waals surface area contributed by atoms with Crippen LogP contribution in [0.2, 0.25) is 0 Å². The van der Waals surface area contributed by atoms with Gasteiger partial charge in [0.15, 0.2) is 0 Å². The molecule has 2 rings (SSSR count). The number of hydrogen-bond donors (Lipinski definition) is 2. The van der Waals surface area contributed by atoms with Gasteiger partial charge in [-0.05, 0) is 70.0 Å². The fraction of sp³-hybridized carbons (Fsp3) is 0.481. The Morgan fingerprint density at radius 3 is 1.64 bits per heavy atom. The fourth-order valence-corrected chi connectivity index (χ4v) is 3.73. The molecule has 0 saturated carbocycles. The molecule has 17 heteroatoms. The predicted octanol–water partition coefficient (Wildman–Crippen LogP) is 6.45. The summed E-state index contributed by atoms with van der Waals surface area (Å²) in [5.74, 6) is -2.35. The van der Waals surface area contributed by atoms with Gasteiger partial charge in [0.2, 0.25) is 0 Å². The monoisotopic (exact) mass is 682 g/mol. The topological polar surface area (TPSA) is 126 Å². The van der Waals surface area contributed by atoms with Crippen molar-refractivity contribution in [1.29, 1.82) is 0 Å². The molecule has 0 heterocycles. The van der Waals surface area contributed by atoms with Crippen LogP contribution in [0.25, 0.3) is 0 Å². The lowest BCUT2D eigenvalue weighted by atomic mass is 10.1. The van der Waals surface area contributed by atoms with Crippen molar-refractivity contribution in [2.24, 2.45) is 5.73 Å². The van der Waals surface area contributed by atoms with E-state index in [-0.39, 0.29) is 44.2 Å². The van der Waals surface area contributed by atoms with Gasteiger partial charge in [0.25, 0.3) is 0 Å². The minimum Gasteiger partial charge on any atom is -0.465 e. The van der Waals surface area contributed by atoms with E-state index in [2.05, 4.69) is 18.9 Å². The van der Waals surface area contributed by atoms with Crippen LogP contribution in [0.15, 0.2) is 48.5 Å². The van der Waals surface area contributed by atoms with Crippen LogP contribution < -0.4 is 19.9 Å². The molecular weight excluding hydrogens is 646 g/mol. The summed E-state index contributed by atoms with van der Waals surface area (Å²) in [7, 11) is -1.63. The van der Waals surface area contributed by atoms with Crippen molar-refractivity contribution in [3.63, 3.8) is 0 Å². The average Bonchev–Trinajstić information content (AvgIpc) is 2.85. The molecule has 0 amide bonds. The fourth-order valence-electron chi connectivity index (χ4n) is 2.93. The summed E-state index contributed by atoms with van der Waals surface area (Å²) in [6, 6.07) is 7.50. The molecule has 0 aliphatic heterocycles. The normalized spacial score (nSPS) is 13.4. The van der Waals surface area contributed by atoms with Crippen LogP contribution in [0.3, 0.4) is 0 Å². The minimum atomic E-state index is -4.85. The van der Waals surface area contributed by atoms with Crippen LogP contribution in [0.4, 0.5) is 26.3 Å². The molecule has 0 unspecified atom stereocenters. The molecule has 0 aliphatic carbocycles. The highest BCUT2D eigenvalue weighted by Crippen LogP contribution is 2.28. The third kappa shape index (κ3) is 16.1. The number of nitrogens with one attached hydrogen (secondary N) is 1. The summed E-state index contributed by atoms with van der Waals surface area (Å²) in [5.41, 5.74) is 5.90. The van der Waals surface area contributed by atoms with E-state index < -0.39 is 64.0 Å². The average molecular weight is 683 g/mol. The van der Waals surface area contributed by atoms with E-state index >= 15 is 0 Å². The number of esters is 2. The van der Waals surface area contributed by atoms with E-state index in [9.17, 15) is 40.1 Å². The zero-order chi connectivity index (χ0) is 32.3. The summed E-state index contributed by atoms with van der Waals surface area (Å²) in [5, 5.41) is 0. The Labute approximate surface area is 260 Å². The molecule has 2 aromatic rings. The maximum Gasteiger partial charge on any atom is 0.573 e. The molecule has 3 atom stereocenters. The molecule has 0 aliphatic rings. The van der Waals surface area contributed by atoms with Gasteiger partial charge in [-0.1, -0.05) is 31.7 Å². The minimum absolute atomic E-state index is 0. The number of nitrogens with two attached hydrogens (primary N) is 1. The van der Waals surface area contributed by atoms with Crippen LogP contribution in [-0.2, 0) is 30.0 Å². The molecule has 0 radical (unpaired) electrons. The number of carbonyl (C=O) groups is 2. The van der Waals surface area contributed by atoms with Gasteiger partial charge >= 0.3 is 24.7 Å². The molecule has 252 valence electrons. The highest BCUT2D eigenvalue weighted by Gasteiger charge is 2.33. The number of hydrogen-bond acceptors (Lipinski definition) is 8. The molecule has 3 N–H and O–H groups in total. The molecule has 0 aromatic heterocycles. The Morgan fingerprint density at radius 1 is 0.818 bits per heavy atom. The first-order valence-electron chi connectivity index (χ1n) is 12.3. The highest BCUT2D eigenvalue weighted by atomic mass is 35.5. The molecular formula is C27H37ClF6N2O7S. The van der Waals surface area contributed by atoms with Crippen molar-refractivity contribution in [3.05, 3.63) is 59.7 Å². The van der Waals surface area contributed by atoms with E-state index in [0.29, 0.717) is 0 Å². The highest BCUT2D eigenvalue weighted by molar-refractivity contribution is 7.84. The standard InChI is InChI=1S/C15H20F3NO4S.C11H12F3NO3.CH4.ClH/c1-5-22-13(20)12(19-24(21)14(2,3)4)10-7-6-8-11(9-10)23-15(16,17)18;1-2-17-10(16)9(15)7-4-3-5-8(6-7)18-11(12,13)14;;/h6-9,12,19H,5H2,1-4H3;3-6,9H,2,15H2,1H3;1H4;1H/t12-,24-;9-;;/m11../s1. The number of carbonyl (C=O) groups excluding carboxylic acids is 2. The third-order valence-electron chi connectivity index (χ3n) is 4.72. The largest absolute Gasteiger partial charge is 0.573 e. The molecule has 2 aromatic carbocycles. The summed E-state index contributed by atoms with van der Waals surface area (Å²) in [4.78, 5) is 23.5. The second-order valence-electron chi connectivity index (χ2n) is 9.15. The van der Waals surface area contributed by atoms with Crippen molar-refractivity contribution in [1.82, 2.24) is 4.72 Å². The Hall–Kier alpha value is -3.08. The SMILES string of the molecule is C.CCOC(=O)[C@H](N)c1cccc(OC(F)(F)F)c1.CCOC(=O)[C@H](N[S@](=O)C(C)(C)C)c1cccc(OC(F)(F)F)c1.Cl. The van der Waals surface area contributed by atoms with Gasteiger partial charge in [-0.25, -0.2) is 18.5 Å². The summed E-state index contributed by atoms with van der Waals surface area (Å²) in [6.45, 7) is 8.51. The van der Waals surface area contributed by atoms with E-state index in [1.165, 1.54) is 24.3 Å². The van der Waals surface area contributed by atoms with Crippen molar-refractivity contribution in [2.75, 3.05) is 13.2 Å². The molecule has 0 fully saturated rings. The van der Waals surface area contributed by atoms with Crippen LogP contribution in [0.5, 0.6) is 11.5 Å². The smallest absolute Gasteiger partial charge is 0.465 e. The van der Waals surface area contributed by atoms with Gasteiger partial charge in [0.1, 0.15) is 23.6 Å². The number of ether oxygens (including phenoxy) is 4. The van der Waals surface area contributed by atoms with Crippen LogP contribution in [0.1, 0.15) is 65.3 Å². The van der Waals surface area contributed by atoms with Gasteiger partial charge in [-0.3, -0.25) is 0 Å². The lowest BCUT2D eigenvalue weighted by Gasteiger charge is -2.23. The number of benzene rings is 2. The van der Waals surface area contributed by atoms with E-state index in [0.717, 1.165) is 24.3 Å². The molecule has 0 spiro atoms. The lowest BCUT2D eigenvalue weighted by Crippen LogP contribution is -2.39. The predicted molar refractivity (Wildman–Crippen MR) is 154 cm³/mol. The quantitative estimate of drug-likeness (QED) is 0.216. The van der Waals surface area contributed by atoms with Crippen LogP contribution in [-0.4, -0.2) is 46.8 Å². The molecule has 0 saturated heterocycles. The first-order chi connectivity index (χ1) is 19.3. The van der Waals surface area contributed by atoms with Crippen molar-refractivity contribution >= 4 is 35.3 Å². The van der Waals surface area contributed by atoms with Crippen molar-refractivity contribution in [2.45, 2.75) is 71.6 Å². The zero-order valence-corrected chi connectivity index (χ0v) is 25.3. The van der Waals surface area contributed by atoms with E-state index in [1.807, 2.05) is 0 Å². The number of rotatable bonds is 10. The molecule has 9 nitrogen and oxygen atoms in total. The van der Waals surface area contributed by atoms with Gasteiger partial charge < -0.3 is 24.7 Å². The van der Waals surface area contributed by atoms with Gasteiger partial charge in [-0.15, -0.1) is 38.7 Å². The summed E-state index contributed by atoms with van der Waals surface area (Å²) >= 11 is 0.